The molecule has 62 valence electrons. The topological polar surface area (TPSA) is 26.3 Å². The molecule has 1 aliphatic rings. The third-order valence-electron chi connectivity index (χ3n) is 1.73. The third-order valence-corrected chi connectivity index (χ3v) is 1.73. The molecule has 0 radical (unpaired) electrons. The van der Waals surface area contributed by atoms with Crippen LogP contribution in [0.3, 0.4) is 0 Å². The minimum Gasteiger partial charge on any atom is -0.462 e. The summed E-state index contributed by atoms with van der Waals surface area (Å²) >= 11 is 0. The minimum atomic E-state index is -0.0489. The number of carbonyl (C=O) groups is 1. The maximum absolute atomic E-state index is 10.4. The number of esters is 1. The van der Waals surface area contributed by atoms with Gasteiger partial charge in [-0.25, -0.2) is 0 Å². The van der Waals surface area contributed by atoms with E-state index in [9.17, 15) is 4.79 Å². The molecule has 2 heteroatoms. The molecule has 0 bridgehead atoms. The number of rotatable bonds is 3. The molecular weight excluding hydrogens is 140 g/mol. The van der Waals surface area contributed by atoms with Crippen molar-refractivity contribution in [2.45, 2.75) is 39.2 Å². The number of cyclic esters (lactones) is 1. The summed E-state index contributed by atoms with van der Waals surface area (Å²) in [4.78, 5) is 10.4. The molecule has 1 saturated heterocycles. The van der Waals surface area contributed by atoms with Crippen molar-refractivity contribution in [2.24, 2.45) is 0 Å². The van der Waals surface area contributed by atoms with Gasteiger partial charge in [-0.3, -0.25) is 4.79 Å². The molecule has 1 rings (SSSR count). The Hall–Kier alpha value is -0.790. The summed E-state index contributed by atoms with van der Waals surface area (Å²) in [6, 6.07) is 0. The molecule has 0 amide bonds. The summed E-state index contributed by atoms with van der Waals surface area (Å²) in [5.74, 6) is -0.0489. The molecule has 0 aliphatic carbocycles. The van der Waals surface area contributed by atoms with Gasteiger partial charge in [-0.2, -0.15) is 0 Å². The Morgan fingerprint density at radius 1 is 1.73 bits per heavy atom. The van der Waals surface area contributed by atoms with Gasteiger partial charge in [0, 0.05) is 0 Å². The quantitative estimate of drug-likeness (QED) is 0.459. The van der Waals surface area contributed by atoms with E-state index in [1.807, 2.05) is 0 Å². The summed E-state index contributed by atoms with van der Waals surface area (Å²) in [5.41, 5.74) is 1.33. The molecule has 11 heavy (non-hydrogen) atoms. The number of allylic oxidation sites excluding steroid dienone is 2. The Bertz CT molecular complexity index is 170. The molecule has 1 atom stereocenters. The standard InChI is InChI=1S/C9H14O2/c1-7(2)4-3-5-8-6-9(10)11-8/h4,8H,3,5-6H2,1-2H3. The Labute approximate surface area is 67.2 Å². The van der Waals surface area contributed by atoms with Crippen LogP contribution in [0.2, 0.25) is 0 Å². The second-order valence-electron chi connectivity index (χ2n) is 3.17. The van der Waals surface area contributed by atoms with E-state index in [1.165, 1.54) is 5.57 Å². The molecule has 0 aromatic heterocycles. The van der Waals surface area contributed by atoms with E-state index in [4.69, 9.17) is 4.74 Å². The third kappa shape index (κ3) is 2.74. The Morgan fingerprint density at radius 2 is 2.36 bits per heavy atom. The summed E-state index contributed by atoms with van der Waals surface area (Å²) in [5, 5.41) is 0. The van der Waals surface area contributed by atoms with Crippen LogP contribution < -0.4 is 0 Å². The van der Waals surface area contributed by atoms with E-state index in [0.717, 1.165) is 12.8 Å². The monoisotopic (exact) mass is 154 g/mol. The normalized spacial score (nSPS) is 22.0. The molecule has 0 saturated carbocycles. The van der Waals surface area contributed by atoms with Gasteiger partial charge < -0.3 is 4.74 Å². The lowest BCUT2D eigenvalue weighted by Gasteiger charge is -2.24. The van der Waals surface area contributed by atoms with E-state index in [-0.39, 0.29) is 12.1 Å². The van der Waals surface area contributed by atoms with Crippen LogP contribution in [0.25, 0.3) is 0 Å². The Balaban J connectivity index is 2.05. The van der Waals surface area contributed by atoms with Gasteiger partial charge in [0.05, 0.1) is 6.42 Å². The van der Waals surface area contributed by atoms with Crippen LogP contribution in [0, 0.1) is 0 Å². The lowest BCUT2D eigenvalue weighted by atomic mass is 10.1. The van der Waals surface area contributed by atoms with Gasteiger partial charge in [0.1, 0.15) is 6.10 Å². The highest BCUT2D eigenvalue weighted by Gasteiger charge is 2.26. The van der Waals surface area contributed by atoms with Crippen molar-refractivity contribution in [3.05, 3.63) is 11.6 Å². The highest BCUT2D eigenvalue weighted by Crippen LogP contribution is 2.18. The fourth-order valence-corrected chi connectivity index (χ4v) is 1.08. The van der Waals surface area contributed by atoms with Crippen LogP contribution in [-0.4, -0.2) is 12.1 Å². The zero-order valence-corrected chi connectivity index (χ0v) is 7.09. The van der Waals surface area contributed by atoms with Crippen molar-refractivity contribution in [1.82, 2.24) is 0 Å². The molecule has 1 heterocycles. The van der Waals surface area contributed by atoms with Crippen molar-refractivity contribution < 1.29 is 9.53 Å². The molecular formula is C9H14O2. The maximum atomic E-state index is 10.4. The minimum absolute atomic E-state index is 0.0489. The van der Waals surface area contributed by atoms with Crippen LogP contribution in [-0.2, 0) is 9.53 Å². The maximum Gasteiger partial charge on any atom is 0.309 e. The first-order chi connectivity index (χ1) is 5.18. The predicted molar refractivity (Wildman–Crippen MR) is 43.2 cm³/mol. The first-order valence-corrected chi connectivity index (χ1v) is 4.01. The Kier molecular flexibility index (Phi) is 2.69. The first kappa shape index (κ1) is 8.31. The van der Waals surface area contributed by atoms with Gasteiger partial charge in [0.15, 0.2) is 0 Å². The second-order valence-corrected chi connectivity index (χ2v) is 3.17. The van der Waals surface area contributed by atoms with E-state index >= 15 is 0 Å². The zero-order chi connectivity index (χ0) is 8.27. The molecule has 1 fully saturated rings. The molecule has 0 spiro atoms. The lowest BCUT2D eigenvalue weighted by Crippen LogP contribution is -2.32. The highest BCUT2D eigenvalue weighted by molar-refractivity contribution is 5.75. The number of hydrogen-bond acceptors (Lipinski definition) is 2. The smallest absolute Gasteiger partial charge is 0.309 e. The summed E-state index contributed by atoms with van der Waals surface area (Å²) in [6.45, 7) is 4.15. The van der Waals surface area contributed by atoms with E-state index < -0.39 is 0 Å². The van der Waals surface area contributed by atoms with Crippen molar-refractivity contribution in [1.29, 1.82) is 0 Å². The molecule has 0 aromatic carbocycles. The van der Waals surface area contributed by atoms with Crippen LogP contribution in [0.1, 0.15) is 33.1 Å². The van der Waals surface area contributed by atoms with E-state index in [0.29, 0.717) is 6.42 Å². The summed E-state index contributed by atoms with van der Waals surface area (Å²) in [7, 11) is 0. The molecule has 1 aliphatic heterocycles. The lowest BCUT2D eigenvalue weighted by molar-refractivity contribution is -0.169. The van der Waals surface area contributed by atoms with E-state index in [1.54, 1.807) is 0 Å². The van der Waals surface area contributed by atoms with Crippen molar-refractivity contribution >= 4 is 5.97 Å². The molecule has 0 aromatic rings. The van der Waals surface area contributed by atoms with Gasteiger partial charge >= 0.3 is 5.97 Å². The average Bonchev–Trinajstić information content (AvgIpc) is 1.83. The van der Waals surface area contributed by atoms with Crippen LogP contribution in [0.15, 0.2) is 11.6 Å². The number of ether oxygens (including phenoxy) is 1. The van der Waals surface area contributed by atoms with Crippen LogP contribution in [0.4, 0.5) is 0 Å². The summed E-state index contributed by atoms with van der Waals surface area (Å²) < 4.78 is 4.85. The van der Waals surface area contributed by atoms with Crippen molar-refractivity contribution in [2.75, 3.05) is 0 Å². The molecule has 2 nitrogen and oxygen atoms in total. The summed E-state index contributed by atoms with van der Waals surface area (Å²) in [6.07, 6.45) is 5.01. The second kappa shape index (κ2) is 3.56. The molecule has 0 N–H and O–H groups in total. The fraction of sp³-hybridized carbons (Fsp3) is 0.667. The van der Waals surface area contributed by atoms with Gasteiger partial charge in [-0.1, -0.05) is 11.6 Å². The van der Waals surface area contributed by atoms with Crippen LogP contribution in [0.5, 0.6) is 0 Å². The van der Waals surface area contributed by atoms with E-state index in [2.05, 4.69) is 19.9 Å². The average molecular weight is 154 g/mol. The molecule has 1 unspecified atom stereocenters. The predicted octanol–water partition coefficient (Wildman–Crippen LogP) is 2.05. The zero-order valence-electron chi connectivity index (χ0n) is 7.09. The number of carbonyl (C=O) groups excluding carboxylic acids is 1. The number of hydrogen-bond donors (Lipinski definition) is 0. The van der Waals surface area contributed by atoms with Crippen LogP contribution >= 0.6 is 0 Å². The first-order valence-electron chi connectivity index (χ1n) is 4.01. The fourth-order valence-electron chi connectivity index (χ4n) is 1.08. The SMILES string of the molecule is CC(C)=CCCC1CC(=O)O1. The van der Waals surface area contributed by atoms with Gasteiger partial charge in [-0.05, 0) is 26.7 Å². The highest BCUT2D eigenvalue weighted by atomic mass is 16.6. The largest absolute Gasteiger partial charge is 0.462 e. The Morgan fingerprint density at radius 3 is 2.82 bits per heavy atom. The van der Waals surface area contributed by atoms with Crippen molar-refractivity contribution in [3.8, 4) is 0 Å². The van der Waals surface area contributed by atoms with Crippen molar-refractivity contribution in [3.63, 3.8) is 0 Å². The van der Waals surface area contributed by atoms with Gasteiger partial charge in [0.2, 0.25) is 0 Å². The van der Waals surface area contributed by atoms with Gasteiger partial charge in [-0.15, -0.1) is 0 Å². The van der Waals surface area contributed by atoms with Gasteiger partial charge in [0.25, 0.3) is 0 Å².